The third kappa shape index (κ3) is 3.69. The highest BCUT2D eigenvalue weighted by Crippen LogP contribution is 2.37. The van der Waals surface area contributed by atoms with Crippen LogP contribution >= 0.6 is 11.6 Å². The van der Waals surface area contributed by atoms with Crippen LogP contribution in [0.1, 0.15) is 25.8 Å². The quantitative estimate of drug-likeness (QED) is 0.313. The fourth-order valence-electron chi connectivity index (χ4n) is 3.94. The van der Waals surface area contributed by atoms with Crippen molar-refractivity contribution in [2.75, 3.05) is 0 Å². The summed E-state index contributed by atoms with van der Waals surface area (Å²) in [5.41, 5.74) is 0.663. The van der Waals surface area contributed by atoms with Crippen molar-refractivity contribution in [3.63, 3.8) is 0 Å². The number of rotatable bonds is 4. The van der Waals surface area contributed by atoms with E-state index >= 15 is 0 Å². The number of fused-ring (bicyclic) bond motifs is 4. The summed E-state index contributed by atoms with van der Waals surface area (Å²) in [6.45, 7) is 4.57. The van der Waals surface area contributed by atoms with Gasteiger partial charge in [-0.15, -0.1) is 0 Å². The molecule has 10 heteroatoms. The van der Waals surface area contributed by atoms with Crippen LogP contribution in [0.4, 0.5) is 13.2 Å². The fraction of sp³-hybridized carbons (Fsp3) is 0.250. The van der Waals surface area contributed by atoms with Gasteiger partial charge in [-0.1, -0.05) is 37.6 Å². The fourth-order valence-corrected chi connectivity index (χ4v) is 4.17. The van der Waals surface area contributed by atoms with Gasteiger partial charge in [-0.2, -0.15) is 13.2 Å². The van der Waals surface area contributed by atoms with E-state index in [0.29, 0.717) is 23.5 Å². The van der Waals surface area contributed by atoms with Crippen molar-refractivity contribution < 1.29 is 13.2 Å². The molecule has 3 heterocycles. The minimum absolute atomic E-state index is 0.133. The molecule has 174 valence electrons. The van der Waals surface area contributed by atoms with Gasteiger partial charge >= 0.3 is 6.18 Å². The Hall–Kier alpha value is -3.46. The number of benzene rings is 2. The predicted octanol–water partition coefficient (Wildman–Crippen LogP) is 6.00. The first-order chi connectivity index (χ1) is 16.1. The molecular formula is C24H19ClF3N5O. The van der Waals surface area contributed by atoms with E-state index in [9.17, 15) is 18.0 Å². The molecule has 0 atom stereocenters. The Morgan fingerprint density at radius 1 is 1.03 bits per heavy atom. The van der Waals surface area contributed by atoms with Crippen molar-refractivity contribution >= 4 is 44.8 Å². The summed E-state index contributed by atoms with van der Waals surface area (Å²) in [6, 6.07) is 10.7. The Bertz CT molecular complexity index is 1620. The van der Waals surface area contributed by atoms with Gasteiger partial charge in [0, 0.05) is 12.2 Å². The molecule has 0 unspecified atom stereocenters. The highest BCUT2D eigenvalue weighted by molar-refractivity contribution is 6.31. The second kappa shape index (κ2) is 8.09. The van der Waals surface area contributed by atoms with Gasteiger partial charge in [0.15, 0.2) is 11.3 Å². The molecule has 0 aliphatic heterocycles. The van der Waals surface area contributed by atoms with E-state index < -0.39 is 16.8 Å². The summed E-state index contributed by atoms with van der Waals surface area (Å²) >= 11 is 5.84. The maximum atomic E-state index is 13.6. The number of aryl methyl sites for hydroxylation is 1. The molecule has 0 aliphatic rings. The van der Waals surface area contributed by atoms with Crippen LogP contribution in [0.25, 0.3) is 38.9 Å². The first kappa shape index (κ1) is 22.3. The van der Waals surface area contributed by atoms with Crippen LogP contribution in [0.2, 0.25) is 5.02 Å². The molecule has 5 rings (SSSR count). The van der Waals surface area contributed by atoms with Crippen LogP contribution in [0.3, 0.4) is 0 Å². The molecule has 34 heavy (non-hydrogen) atoms. The molecule has 0 bridgehead atoms. The molecule has 3 aromatic heterocycles. The maximum absolute atomic E-state index is 13.6. The Balaban J connectivity index is 1.88. The monoisotopic (exact) mass is 485 g/mol. The lowest BCUT2D eigenvalue weighted by molar-refractivity contribution is -0.137. The van der Waals surface area contributed by atoms with E-state index in [1.165, 1.54) is 27.6 Å². The zero-order chi connectivity index (χ0) is 24.2. The number of hydrogen-bond acceptors (Lipinski definition) is 4. The largest absolute Gasteiger partial charge is 0.417 e. The summed E-state index contributed by atoms with van der Waals surface area (Å²) < 4.78 is 43.7. The molecule has 0 saturated heterocycles. The minimum Gasteiger partial charge on any atom is -0.299 e. The smallest absolute Gasteiger partial charge is 0.299 e. The Kier molecular flexibility index (Phi) is 5.31. The van der Waals surface area contributed by atoms with Crippen LogP contribution in [0.15, 0.2) is 53.6 Å². The number of nitrogens with zero attached hydrogens (tertiary/aromatic N) is 5. The number of alkyl halides is 3. The van der Waals surface area contributed by atoms with Gasteiger partial charge in [0.1, 0.15) is 10.9 Å². The van der Waals surface area contributed by atoms with Crippen molar-refractivity contribution in [3.8, 4) is 5.69 Å². The zero-order valence-corrected chi connectivity index (χ0v) is 19.0. The Morgan fingerprint density at radius 3 is 2.41 bits per heavy atom. The van der Waals surface area contributed by atoms with Crippen molar-refractivity contribution in [1.82, 2.24) is 24.1 Å². The van der Waals surface area contributed by atoms with Crippen molar-refractivity contribution in [2.24, 2.45) is 5.92 Å². The third-order valence-corrected chi connectivity index (χ3v) is 6.02. The van der Waals surface area contributed by atoms with Gasteiger partial charge in [-0.25, -0.2) is 15.0 Å². The second-order valence-electron chi connectivity index (χ2n) is 8.51. The van der Waals surface area contributed by atoms with Crippen molar-refractivity contribution in [1.29, 1.82) is 0 Å². The molecule has 2 aromatic carbocycles. The molecule has 0 aliphatic carbocycles. The second-order valence-corrected chi connectivity index (χ2v) is 8.91. The van der Waals surface area contributed by atoms with Crippen LogP contribution in [0, 0.1) is 5.92 Å². The molecule has 5 aromatic rings. The molecule has 0 saturated carbocycles. The predicted molar refractivity (Wildman–Crippen MR) is 125 cm³/mol. The molecule has 0 spiro atoms. The molecule has 0 amide bonds. The van der Waals surface area contributed by atoms with Crippen LogP contribution in [-0.4, -0.2) is 24.1 Å². The summed E-state index contributed by atoms with van der Waals surface area (Å²) in [5, 5.41) is -0.208. The first-order valence-corrected chi connectivity index (χ1v) is 11.1. The normalized spacial score (nSPS) is 12.4. The summed E-state index contributed by atoms with van der Waals surface area (Å²) in [4.78, 5) is 27.2. The number of para-hydroxylation sites is 2. The lowest BCUT2D eigenvalue weighted by Crippen LogP contribution is -2.21. The SMILES string of the molecule is CC(C)CCn1cnc2c(c1=O)c1nc3ccccc3nc1n2-c1ccc(Cl)c(C(F)(F)F)c1. The topological polar surface area (TPSA) is 65.6 Å². The molecule has 0 fully saturated rings. The summed E-state index contributed by atoms with van der Waals surface area (Å²) in [7, 11) is 0. The van der Waals surface area contributed by atoms with Gasteiger partial charge < -0.3 is 0 Å². The van der Waals surface area contributed by atoms with Crippen LogP contribution in [0.5, 0.6) is 0 Å². The standard InChI is InChI=1S/C24H19ClF3N5O/c1-13(2)9-10-32-12-29-21-19(23(32)34)20-22(31-18-6-4-3-5-17(18)30-20)33(21)14-7-8-16(25)15(11-14)24(26,27)28/h3-8,11-13H,9-10H2,1-2H3. The lowest BCUT2D eigenvalue weighted by Gasteiger charge is -2.13. The average molecular weight is 486 g/mol. The Labute approximate surface area is 196 Å². The zero-order valence-electron chi connectivity index (χ0n) is 18.3. The van der Waals surface area contributed by atoms with E-state index in [4.69, 9.17) is 11.6 Å². The highest BCUT2D eigenvalue weighted by atomic mass is 35.5. The molecule has 0 N–H and O–H groups in total. The van der Waals surface area contributed by atoms with Gasteiger partial charge in [0.05, 0.1) is 27.9 Å². The van der Waals surface area contributed by atoms with Gasteiger partial charge in [0.2, 0.25) is 0 Å². The summed E-state index contributed by atoms with van der Waals surface area (Å²) in [6.07, 6.45) is -2.46. The number of hydrogen-bond donors (Lipinski definition) is 0. The first-order valence-electron chi connectivity index (χ1n) is 10.7. The maximum Gasteiger partial charge on any atom is 0.417 e. The van der Waals surface area contributed by atoms with Gasteiger partial charge in [-0.3, -0.25) is 13.9 Å². The van der Waals surface area contributed by atoms with E-state index in [2.05, 4.69) is 28.8 Å². The summed E-state index contributed by atoms with van der Waals surface area (Å²) in [5.74, 6) is 0.377. The molecular weight excluding hydrogens is 467 g/mol. The molecule has 6 nitrogen and oxygen atoms in total. The number of aromatic nitrogens is 5. The van der Waals surface area contributed by atoms with E-state index in [1.807, 2.05) is 0 Å². The lowest BCUT2D eigenvalue weighted by atomic mass is 10.1. The van der Waals surface area contributed by atoms with E-state index in [0.717, 1.165) is 12.5 Å². The highest BCUT2D eigenvalue weighted by Gasteiger charge is 2.34. The van der Waals surface area contributed by atoms with Crippen LogP contribution < -0.4 is 5.56 Å². The van der Waals surface area contributed by atoms with Crippen molar-refractivity contribution in [3.05, 3.63) is 69.7 Å². The Morgan fingerprint density at radius 2 is 1.74 bits per heavy atom. The third-order valence-electron chi connectivity index (χ3n) is 5.69. The van der Waals surface area contributed by atoms with E-state index in [-0.39, 0.29) is 33.4 Å². The minimum atomic E-state index is -4.65. The van der Waals surface area contributed by atoms with Crippen molar-refractivity contribution in [2.45, 2.75) is 33.0 Å². The average Bonchev–Trinajstić information content (AvgIpc) is 3.10. The van der Waals surface area contributed by atoms with Gasteiger partial charge in [-0.05, 0) is 42.7 Å². The van der Waals surface area contributed by atoms with Gasteiger partial charge in [0.25, 0.3) is 5.56 Å². The molecule has 0 radical (unpaired) electrons. The number of halogens is 4. The van der Waals surface area contributed by atoms with Crippen LogP contribution in [-0.2, 0) is 12.7 Å². The van der Waals surface area contributed by atoms with E-state index in [1.54, 1.807) is 24.3 Å².